The number of benzene rings is 6. The van der Waals surface area contributed by atoms with E-state index in [1.54, 1.807) is 40.4 Å². The van der Waals surface area contributed by atoms with Crippen LogP contribution in [0.15, 0.2) is 251 Å². The molecular weight excluding hydrogens is 1190 g/mol. The van der Waals surface area contributed by atoms with Gasteiger partial charge in [-0.3, -0.25) is 9.59 Å². The first-order valence-electron chi connectivity index (χ1n) is 30.0. The number of nitrogens with zero attached hydrogens (tertiary/aromatic N) is 8. The van der Waals surface area contributed by atoms with Crippen molar-refractivity contribution in [1.29, 1.82) is 0 Å². The molecule has 16 heteroatoms. The lowest BCUT2D eigenvalue weighted by molar-refractivity contribution is -0.125. The molecule has 0 bridgehead atoms. The standard InChI is InChI=1S/C13H17N.C12H15N.C10H11NO.C10H11NS.C9H9NO.C9H9NS.C6H9NOS.C5H7NOS/c1-5-14-10(2)13(3,4)11-8-6-7-9-12(11)14;1-9-12(2,3)10-7-5-6-8-11(10)13(9)4;2*1-3-11-8(2)12-10-7-5-4-6-9(10)11;2*1-7-10(2)8-5-3-4-6-9(8)11-7;1-3-7-4-9-5(2)6(7)8;1-4-5(7)6(2)3-8-4/h6-9H,2,5H2,1,3-4H3;5-8H,1H2,2-4H3;2*4-7H,2-3H2,1H3;2*3-6H,1H2,2H3;2-4H2,1H3;1,3H2,2H3. The second kappa shape index (κ2) is 30.7. The van der Waals surface area contributed by atoms with Crippen LogP contribution in [0.2, 0.25) is 0 Å². The van der Waals surface area contributed by atoms with Crippen LogP contribution in [-0.4, -0.2) is 87.7 Å². The minimum atomic E-state index is 0.0648. The minimum absolute atomic E-state index is 0.0648. The molecular formula is C74H88N8O4S4. The van der Waals surface area contributed by atoms with Crippen molar-refractivity contribution < 1.29 is 19.1 Å². The SMILES string of the molecule is C=C1N(C)c2ccccc2C1(C)C.C=C1N(CC)c2ccccc2C1(C)C.C=C1Oc2ccccc2N1C.C=C1Oc2ccccc2N1CC.C=C1SCN(C)C1=O.C=C1SCN(CC)C1=O.C=C1Sc2ccccc2N1C.C=C1Sc2ccccc2N1CC. The van der Waals surface area contributed by atoms with Gasteiger partial charge in [0.1, 0.15) is 0 Å². The molecule has 0 radical (unpaired) electrons. The highest BCUT2D eigenvalue weighted by Gasteiger charge is 2.38. The van der Waals surface area contributed by atoms with Crippen LogP contribution in [0.1, 0.15) is 66.5 Å². The fraction of sp³-hybridized carbons (Fsp3) is 0.270. The summed E-state index contributed by atoms with van der Waals surface area (Å²) in [4.78, 5) is 41.8. The van der Waals surface area contributed by atoms with Crippen molar-refractivity contribution in [2.45, 2.75) is 76.0 Å². The van der Waals surface area contributed by atoms with Gasteiger partial charge in [0.15, 0.2) is 23.3 Å². The Morgan fingerprint density at radius 2 is 0.844 bits per heavy atom. The first kappa shape index (κ1) is 69.5. The maximum Gasteiger partial charge on any atom is 0.260 e. The molecule has 0 spiro atoms. The van der Waals surface area contributed by atoms with E-state index in [1.165, 1.54) is 78.6 Å². The summed E-state index contributed by atoms with van der Waals surface area (Å²) in [6.07, 6.45) is 0. The maximum absolute atomic E-state index is 10.9. The average Bonchev–Trinajstić information content (AvgIpc) is 1.63. The number of ether oxygens (including phenoxy) is 2. The number of para-hydroxylation sites is 8. The molecule has 6 aromatic carbocycles. The number of fused-ring (bicyclic) bond motifs is 6. The number of hydrogen-bond acceptors (Lipinski definition) is 14. The van der Waals surface area contributed by atoms with E-state index in [4.69, 9.17) is 9.47 Å². The monoisotopic (exact) mass is 1280 g/mol. The van der Waals surface area contributed by atoms with Crippen molar-refractivity contribution in [2.24, 2.45) is 0 Å². The highest BCUT2D eigenvalue weighted by molar-refractivity contribution is 8.04. The number of carbonyl (C=O) groups is 2. The van der Waals surface area contributed by atoms with Gasteiger partial charge in [0.25, 0.3) is 11.8 Å². The molecule has 8 aliphatic heterocycles. The summed E-state index contributed by atoms with van der Waals surface area (Å²) in [6, 6.07) is 49.7. The van der Waals surface area contributed by atoms with E-state index in [0.29, 0.717) is 15.7 Å². The Morgan fingerprint density at radius 3 is 1.32 bits per heavy atom. The molecule has 0 aromatic heterocycles. The van der Waals surface area contributed by atoms with Gasteiger partial charge in [0.2, 0.25) is 0 Å². The van der Waals surface area contributed by atoms with Gasteiger partial charge in [0, 0.05) is 97.8 Å². The molecule has 2 amide bonds. The van der Waals surface area contributed by atoms with Gasteiger partial charge < -0.3 is 48.7 Å². The summed E-state index contributed by atoms with van der Waals surface area (Å²) >= 11 is 6.50. The van der Waals surface area contributed by atoms with Gasteiger partial charge in [-0.05, 0) is 113 Å². The molecule has 0 N–H and O–H groups in total. The smallest absolute Gasteiger partial charge is 0.260 e. The molecule has 0 unspecified atom stereocenters. The zero-order valence-corrected chi connectivity index (χ0v) is 57.9. The van der Waals surface area contributed by atoms with Crippen LogP contribution in [0.5, 0.6) is 11.5 Å². The summed E-state index contributed by atoms with van der Waals surface area (Å²) in [6.45, 7) is 52.0. The molecule has 0 atom stereocenters. The van der Waals surface area contributed by atoms with Gasteiger partial charge in [-0.2, -0.15) is 0 Å². The predicted molar refractivity (Wildman–Crippen MR) is 390 cm³/mol. The van der Waals surface area contributed by atoms with E-state index in [0.717, 1.165) is 76.7 Å². The van der Waals surface area contributed by atoms with Crippen molar-refractivity contribution >= 4 is 93.0 Å². The molecule has 8 heterocycles. The second-order valence-corrected chi connectivity index (χ2v) is 26.8. The van der Waals surface area contributed by atoms with Gasteiger partial charge in [-0.1, -0.05) is 199 Å². The zero-order chi connectivity index (χ0) is 65.8. The molecule has 8 aliphatic rings. The zero-order valence-electron chi connectivity index (χ0n) is 54.6. The maximum atomic E-state index is 10.9. The van der Waals surface area contributed by atoms with Crippen molar-refractivity contribution in [1.82, 2.24) is 9.80 Å². The third kappa shape index (κ3) is 15.4. The first-order chi connectivity index (χ1) is 42.8. The predicted octanol–water partition coefficient (Wildman–Crippen LogP) is 18.1. The van der Waals surface area contributed by atoms with Crippen LogP contribution in [0.4, 0.5) is 34.1 Å². The van der Waals surface area contributed by atoms with E-state index in [-0.39, 0.29) is 22.6 Å². The summed E-state index contributed by atoms with van der Waals surface area (Å²) in [5.41, 5.74) is 12.7. The number of likely N-dealkylation sites (N-methyl/N-ethyl adjacent to an activating group) is 4. The second-order valence-electron chi connectivity index (χ2n) is 22.5. The number of amides is 2. The third-order valence-electron chi connectivity index (χ3n) is 16.3. The van der Waals surface area contributed by atoms with E-state index in [2.05, 4.69) is 230 Å². The number of rotatable bonds is 4. The highest BCUT2D eigenvalue weighted by Crippen LogP contribution is 2.49. The normalized spacial score (nSPS) is 17.0. The number of allylic oxidation sites excluding steroid dienone is 2. The minimum Gasteiger partial charge on any atom is -0.439 e. The van der Waals surface area contributed by atoms with Gasteiger partial charge in [-0.25, -0.2) is 0 Å². The average molecular weight is 1280 g/mol. The Kier molecular flexibility index (Phi) is 23.7. The van der Waals surface area contributed by atoms with Gasteiger partial charge in [-0.15, -0.1) is 0 Å². The first-order valence-corrected chi connectivity index (χ1v) is 33.6. The largest absolute Gasteiger partial charge is 0.439 e. The van der Waals surface area contributed by atoms with Gasteiger partial charge in [0.05, 0.1) is 54.4 Å². The van der Waals surface area contributed by atoms with Crippen molar-refractivity contribution in [3.8, 4) is 11.5 Å². The van der Waals surface area contributed by atoms with Crippen LogP contribution in [0.25, 0.3) is 0 Å². The number of thioether (sulfide) groups is 4. The van der Waals surface area contributed by atoms with Crippen molar-refractivity contribution in [3.05, 3.63) is 252 Å². The van der Waals surface area contributed by atoms with E-state index < -0.39 is 0 Å². The van der Waals surface area contributed by atoms with Crippen molar-refractivity contribution in [2.75, 3.05) is 95.5 Å². The molecule has 90 heavy (non-hydrogen) atoms. The van der Waals surface area contributed by atoms with Crippen LogP contribution < -0.4 is 38.9 Å². The molecule has 0 aliphatic carbocycles. The van der Waals surface area contributed by atoms with E-state index in [9.17, 15) is 9.59 Å². The van der Waals surface area contributed by atoms with Crippen LogP contribution in [0, 0.1) is 0 Å². The van der Waals surface area contributed by atoms with Crippen molar-refractivity contribution in [3.63, 3.8) is 0 Å². The molecule has 14 rings (SSSR count). The highest BCUT2D eigenvalue weighted by atomic mass is 32.2. The van der Waals surface area contributed by atoms with E-state index in [1.807, 2.05) is 74.4 Å². The lowest BCUT2D eigenvalue weighted by atomic mass is 9.85. The Hall–Kier alpha value is -8.02. The molecule has 12 nitrogen and oxygen atoms in total. The van der Waals surface area contributed by atoms with Gasteiger partial charge >= 0.3 is 0 Å². The Labute approximate surface area is 553 Å². The summed E-state index contributed by atoms with van der Waals surface area (Å²) in [5, 5.41) is 2.24. The topological polar surface area (TPSA) is 78.5 Å². The molecule has 2 saturated heterocycles. The molecule has 472 valence electrons. The number of carbonyl (C=O) groups excluding carboxylic acids is 2. The number of hydrogen-bond donors (Lipinski definition) is 0. The lowest BCUT2D eigenvalue weighted by Crippen LogP contribution is -2.24. The Balaban J connectivity index is 0.000000147. The summed E-state index contributed by atoms with van der Waals surface area (Å²) in [7, 11) is 7.83. The fourth-order valence-corrected chi connectivity index (χ4v) is 14.2. The Bertz CT molecular complexity index is 3580. The Morgan fingerprint density at radius 1 is 0.411 bits per heavy atom. The third-order valence-corrected chi connectivity index (χ3v) is 20.4. The van der Waals surface area contributed by atoms with E-state index >= 15 is 0 Å². The quantitative estimate of drug-likeness (QED) is 0.157. The number of anilines is 6. The summed E-state index contributed by atoms with van der Waals surface area (Å²) < 4.78 is 10.8. The van der Waals surface area contributed by atoms with Crippen LogP contribution in [0.3, 0.4) is 0 Å². The fourth-order valence-electron chi connectivity index (χ4n) is 10.6. The van der Waals surface area contributed by atoms with Crippen LogP contribution in [-0.2, 0) is 20.4 Å². The lowest BCUT2D eigenvalue weighted by Gasteiger charge is -2.24. The summed E-state index contributed by atoms with van der Waals surface area (Å²) in [5.74, 6) is 4.91. The molecule has 6 aromatic rings. The van der Waals surface area contributed by atoms with Crippen LogP contribution >= 0.6 is 47.0 Å². The molecule has 0 saturated carbocycles. The molecule has 2 fully saturated rings.